The average Bonchev–Trinajstić information content (AvgIpc) is 2.97. The number of carbonyl (C=O) groups is 2. The molecule has 3 amide bonds. The zero-order valence-electron chi connectivity index (χ0n) is 15.4. The largest absolute Gasteiger partial charge is 0.416 e. The van der Waals surface area contributed by atoms with Crippen LogP contribution in [0.15, 0.2) is 23.4 Å². The van der Waals surface area contributed by atoms with Crippen molar-refractivity contribution in [3.8, 4) is 0 Å². The Balaban J connectivity index is 2.10. The maximum atomic E-state index is 13.0. The molecule has 0 fully saturated rings. The lowest BCUT2D eigenvalue weighted by Crippen LogP contribution is -2.41. The first-order valence-electron chi connectivity index (χ1n) is 8.53. The molecule has 0 atom stereocenters. The third kappa shape index (κ3) is 5.86. The van der Waals surface area contributed by atoms with Crippen molar-refractivity contribution >= 4 is 34.7 Å². The van der Waals surface area contributed by atoms with Gasteiger partial charge in [-0.25, -0.2) is 9.78 Å². The number of imide groups is 1. The molecule has 2 N–H and O–H groups in total. The molecule has 2 aromatic rings. The molecule has 0 aliphatic rings. The number of carbonyl (C=O) groups excluding carboxylic acids is 2. The first-order valence-corrected chi connectivity index (χ1v) is 9.51. The van der Waals surface area contributed by atoms with Gasteiger partial charge in [0.2, 0.25) is 5.91 Å². The van der Waals surface area contributed by atoms with Gasteiger partial charge in [0.15, 0.2) is 5.16 Å². The van der Waals surface area contributed by atoms with Crippen molar-refractivity contribution in [3.63, 3.8) is 0 Å². The number of halogens is 3. The van der Waals surface area contributed by atoms with Crippen LogP contribution in [0.25, 0.3) is 11.0 Å². The minimum atomic E-state index is -4.45. The summed E-state index contributed by atoms with van der Waals surface area (Å²) in [5.41, 5.74) is 0.0258. The highest BCUT2D eigenvalue weighted by Gasteiger charge is 2.31. The second-order valence-corrected chi connectivity index (χ2v) is 6.78. The van der Waals surface area contributed by atoms with Crippen LogP contribution in [0.1, 0.15) is 18.9 Å². The molecule has 2 rings (SSSR count). The fourth-order valence-electron chi connectivity index (χ4n) is 2.43. The van der Waals surface area contributed by atoms with Crippen molar-refractivity contribution in [1.29, 1.82) is 0 Å². The number of nitrogens with one attached hydrogen (secondary N) is 2. The Labute approximate surface area is 164 Å². The van der Waals surface area contributed by atoms with Crippen molar-refractivity contribution < 1.29 is 27.5 Å². The highest BCUT2D eigenvalue weighted by molar-refractivity contribution is 7.99. The maximum absolute atomic E-state index is 13.0. The van der Waals surface area contributed by atoms with Gasteiger partial charge in [-0.2, -0.15) is 13.2 Å². The Morgan fingerprint density at radius 2 is 2.07 bits per heavy atom. The summed E-state index contributed by atoms with van der Waals surface area (Å²) in [6.07, 6.45) is -3.76. The molecular formula is C17H21F3N4O3S. The number of alkyl halides is 3. The van der Waals surface area contributed by atoms with Crippen LogP contribution in [0, 0.1) is 0 Å². The van der Waals surface area contributed by atoms with Crippen LogP contribution < -0.4 is 10.6 Å². The first kappa shape index (κ1) is 22.0. The first-order chi connectivity index (χ1) is 13.3. The zero-order chi connectivity index (χ0) is 20.7. The standard InChI is InChI=1S/C17H21F3N4O3S/c1-3-7-24-13-9-11(17(18,19)20)4-5-12(13)22-16(24)28-10-14(25)23-15(26)21-6-8-27-2/h4-5,9H,3,6-8,10H2,1-2H3,(H2,21,23,25,26). The van der Waals surface area contributed by atoms with E-state index in [0.29, 0.717) is 35.8 Å². The van der Waals surface area contributed by atoms with Crippen LogP contribution in [0.4, 0.5) is 18.0 Å². The van der Waals surface area contributed by atoms with Crippen LogP contribution in [0.3, 0.4) is 0 Å². The number of aromatic nitrogens is 2. The molecule has 0 unspecified atom stereocenters. The number of fused-ring (bicyclic) bond motifs is 1. The predicted molar refractivity (Wildman–Crippen MR) is 99.2 cm³/mol. The van der Waals surface area contributed by atoms with Gasteiger partial charge in [-0.1, -0.05) is 18.7 Å². The fourth-order valence-corrected chi connectivity index (χ4v) is 3.27. The fraction of sp³-hybridized carbons (Fsp3) is 0.471. The third-order valence-electron chi connectivity index (χ3n) is 3.66. The summed E-state index contributed by atoms with van der Waals surface area (Å²) in [7, 11) is 1.49. The van der Waals surface area contributed by atoms with E-state index in [4.69, 9.17) is 4.74 Å². The summed E-state index contributed by atoms with van der Waals surface area (Å²) >= 11 is 1.06. The summed E-state index contributed by atoms with van der Waals surface area (Å²) in [4.78, 5) is 27.8. The van der Waals surface area contributed by atoms with Gasteiger partial charge in [0, 0.05) is 20.2 Å². The van der Waals surface area contributed by atoms with Gasteiger partial charge in [0.1, 0.15) is 0 Å². The average molecular weight is 418 g/mol. The molecule has 0 spiro atoms. The van der Waals surface area contributed by atoms with Gasteiger partial charge in [-0.05, 0) is 24.6 Å². The SMILES string of the molecule is CCCn1c(SCC(=O)NC(=O)NCCOC)nc2ccc(C(F)(F)F)cc21. The Morgan fingerprint density at radius 1 is 1.32 bits per heavy atom. The van der Waals surface area contributed by atoms with Gasteiger partial charge in [-0.3, -0.25) is 10.1 Å². The number of thioether (sulfide) groups is 1. The number of amides is 3. The number of benzene rings is 1. The molecule has 1 aromatic heterocycles. The van der Waals surface area contributed by atoms with E-state index in [0.717, 1.165) is 23.9 Å². The molecule has 7 nitrogen and oxygen atoms in total. The monoisotopic (exact) mass is 418 g/mol. The van der Waals surface area contributed by atoms with Gasteiger partial charge in [0.25, 0.3) is 0 Å². The van der Waals surface area contributed by atoms with Gasteiger partial charge in [0.05, 0.1) is 29.0 Å². The van der Waals surface area contributed by atoms with E-state index in [-0.39, 0.29) is 12.3 Å². The van der Waals surface area contributed by atoms with Crippen molar-refractivity contribution in [3.05, 3.63) is 23.8 Å². The lowest BCUT2D eigenvalue weighted by molar-refractivity contribution is -0.137. The minimum absolute atomic E-state index is 0.100. The minimum Gasteiger partial charge on any atom is -0.383 e. The molecule has 0 radical (unpaired) electrons. The molecule has 0 aliphatic heterocycles. The highest BCUT2D eigenvalue weighted by atomic mass is 32.2. The number of hydrogen-bond donors (Lipinski definition) is 2. The highest BCUT2D eigenvalue weighted by Crippen LogP contribution is 2.33. The van der Waals surface area contributed by atoms with E-state index in [1.807, 2.05) is 6.92 Å². The van der Waals surface area contributed by atoms with E-state index >= 15 is 0 Å². The topological polar surface area (TPSA) is 85.2 Å². The number of hydrogen-bond acceptors (Lipinski definition) is 5. The smallest absolute Gasteiger partial charge is 0.383 e. The van der Waals surface area contributed by atoms with E-state index in [2.05, 4.69) is 15.6 Å². The summed E-state index contributed by atoms with van der Waals surface area (Å²) in [5.74, 6) is -0.636. The lowest BCUT2D eigenvalue weighted by atomic mass is 10.2. The van der Waals surface area contributed by atoms with E-state index < -0.39 is 23.7 Å². The van der Waals surface area contributed by atoms with Crippen molar-refractivity contribution in [2.75, 3.05) is 26.0 Å². The van der Waals surface area contributed by atoms with Crippen molar-refractivity contribution in [2.24, 2.45) is 0 Å². The second-order valence-electron chi connectivity index (χ2n) is 5.83. The molecule has 28 heavy (non-hydrogen) atoms. The zero-order valence-corrected chi connectivity index (χ0v) is 16.2. The lowest BCUT2D eigenvalue weighted by Gasteiger charge is -2.10. The van der Waals surface area contributed by atoms with E-state index in [1.165, 1.54) is 13.2 Å². The van der Waals surface area contributed by atoms with Crippen molar-refractivity contribution in [2.45, 2.75) is 31.2 Å². The van der Waals surface area contributed by atoms with Crippen LogP contribution in [-0.4, -0.2) is 47.5 Å². The van der Waals surface area contributed by atoms with E-state index in [9.17, 15) is 22.8 Å². The summed E-state index contributed by atoms with van der Waals surface area (Å²) < 4.78 is 45.4. The second kappa shape index (κ2) is 9.78. The Bertz CT molecular complexity index is 839. The number of rotatable bonds is 8. The molecule has 0 bridgehead atoms. The third-order valence-corrected chi connectivity index (χ3v) is 4.64. The summed E-state index contributed by atoms with van der Waals surface area (Å²) in [6.45, 7) is 2.93. The number of methoxy groups -OCH3 is 1. The summed E-state index contributed by atoms with van der Waals surface area (Å²) in [6, 6.07) is 2.72. The number of ether oxygens (including phenoxy) is 1. The Kier molecular flexibility index (Phi) is 7.69. The van der Waals surface area contributed by atoms with Gasteiger partial charge < -0.3 is 14.6 Å². The number of aryl methyl sites for hydroxylation is 1. The van der Waals surface area contributed by atoms with Gasteiger partial charge in [-0.15, -0.1) is 0 Å². The number of imidazole rings is 1. The number of urea groups is 1. The van der Waals surface area contributed by atoms with Crippen LogP contribution >= 0.6 is 11.8 Å². The normalized spacial score (nSPS) is 11.6. The predicted octanol–water partition coefficient (Wildman–Crippen LogP) is 3.03. The van der Waals surface area contributed by atoms with Crippen molar-refractivity contribution in [1.82, 2.24) is 20.2 Å². The summed E-state index contributed by atoms with van der Waals surface area (Å²) in [5, 5.41) is 5.05. The molecule has 0 aliphatic carbocycles. The Hall–Kier alpha value is -2.27. The molecule has 154 valence electrons. The molecule has 1 aromatic carbocycles. The van der Waals surface area contributed by atoms with Crippen LogP contribution in [0.5, 0.6) is 0 Å². The molecule has 0 saturated heterocycles. The molecular weight excluding hydrogens is 397 g/mol. The molecule has 11 heteroatoms. The molecule has 0 saturated carbocycles. The molecule has 1 heterocycles. The van der Waals surface area contributed by atoms with Crippen LogP contribution in [-0.2, 0) is 22.3 Å². The Morgan fingerprint density at radius 3 is 2.71 bits per heavy atom. The van der Waals surface area contributed by atoms with E-state index in [1.54, 1.807) is 4.57 Å². The van der Waals surface area contributed by atoms with Crippen LogP contribution in [0.2, 0.25) is 0 Å². The van der Waals surface area contributed by atoms with Gasteiger partial charge >= 0.3 is 12.2 Å². The quantitative estimate of drug-likeness (QED) is 0.509. The number of nitrogens with zero attached hydrogens (tertiary/aromatic N) is 2. The maximum Gasteiger partial charge on any atom is 0.416 e.